The summed E-state index contributed by atoms with van der Waals surface area (Å²) in [5.41, 5.74) is 1.09. The minimum Gasteiger partial charge on any atom is -0.411 e. The van der Waals surface area contributed by atoms with E-state index < -0.39 is 0 Å². The van der Waals surface area contributed by atoms with Gasteiger partial charge < -0.3 is 10.1 Å². The van der Waals surface area contributed by atoms with Crippen LogP contribution in [0.5, 0.6) is 0 Å². The molecular weight excluding hydrogens is 259 g/mol. The second-order valence-electron chi connectivity index (χ2n) is 4.71. The third-order valence-corrected chi connectivity index (χ3v) is 3.60. The molecule has 0 aliphatic heterocycles. The van der Waals surface area contributed by atoms with Gasteiger partial charge in [0.25, 0.3) is 0 Å². The fraction of sp³-hybridized carbons (Fsp3) is 0.500. The zero-order valence-electron chi connectivity index (χ0n) is 12.2. The first kappa shape index (κ1) is 14.6. The van der Waals surface area contributed by atoms with Crippen LogP contribution in [0, 0.1) is 5.82 Å². The van der Waals surface area contributed by atoms with Crippen LogP contribution < -0.4 is 5.49 Å². The summed E-state index contributed by atoms with van der Waals surface area (Å²) < 4.78 is 14.7. The van der Waals surface area contributed by atoms with Crippen molar-refractivity contribution in [3.8, 4) is 0 Å². The summed E-state index contributed by atoms with van der Waals surface area (Å²) in [6, 6.07) is 4.42. The summed E-state index contributed by atoms with van der Waals surface area (Å²) in [6.07, 6.45) is 0. The molecule has 1 aromatic heterocycles. The molecule has 0 saturated heterocycles. The highest BCUT2D eigenvalue weighted by Gasteiger charge is 2.09. The smallest absolute Gasteiger partial charge is 0.192 e. The molecule has 5 nitrogen and oxygen atoms in total. The number of hydrogen-bond donors (Lipinski definition) is 1. The normalized spacial score (nSPS) is 12.8. The predicted molar refractivity (Wildman–Crippen MR) is 76.3 cm³/mol. The predicted octanol–water partition coefficient (Wildman–Crippen LogP) is 1.60. The molecule has 0 unspecified atom stereocenters. The van der Waals surface area contributed by atoms with E-state index in [1.807, 2.05) is 0 Å². The summed E-state index contributed by atoms with van der Waals surface area (Å²) in [4.78, 5) is 7.67. The summed E-state index contributed by atoms with van der Waals surface area (Å²) in [7, 11) is 1.67. The van der Waals surface area contributed by atoms with Gasteiger partial charge in [-0.05, 0) is 31.3 Å². The molecule has 20 heavy (non-hydrogen) atoms. The molecule has 0 fully saturated rings. The molecule has 0 saturated carbocycles. The molecule has 0 aliphatic rings. The molecule has 110 valence electrons. The molecule has 6 heteroatoms. The Morgan fingerprint density at radius 1 is 1.30 bits per heavy atom. The lowest BCUT2D eigenvalue weighted by Crippen LogP contribution is -2.27. The molecule has 1 N–H and O–H groups in total. The van der Waals surface area contributed by atoms with Crippen LogP contribution in [0.2, 0.25) is 0 Å². The highest BCUT2D eigenvalue weighted by atomic mass is 19.1. The molecular formula is C14H21FN4O. The SMILES string of the molecule is CCN(CC)CCN=c1c2ccc(F)cc2n(C)n1O. The van der Waals surface area contributed by atoms with Gasteiger partial charge in [0.15, 0.2) is 5.49 Å². The minimum atomic E-state index is -0.326. The van der Waals surface area contributed by atoms with Crippen molar-refractivity contribution >= 4 is 10.9 Å². The highest BCUT2D eigenvalue weighted by Crippen LogP contribution is 2.11. The lowest BCUT2D eigenvalue weighted by atomic mass is 10.2. The summed E-state index contributed by atoms with van der Waals surface area (Å²) in [6.45, 7) is 7.61. The van der Waals surface area contributed by atoms with Crippen molar-refractivity contribution in [1.29, 1.82) is 0 Å². The number of nitrogens with zero attached hydrogens (tertiary/aromatic N) is 4. The van der Waals surface area contributed by atoms with Crippen molar-refractivity contribution in [2.75, 3.05) is 26.2 Å². The minimum absolute atomic E-state index is 0.326. The van der Waals surface area contributed by atoms with E-state index in [0.29, 0.717) is 17.5 Å². The van der Waals surface area contributed by atoms with E-state index in [4.69, 9.17) is 0 Å². The van der Waals surface area contributed by atoms with Crippen LogP contribution in [-0.4, -0.2) is 45.8 Å². The number of likely N-dealkylation sites (N-methyl/N-ethyl adjacent to an activating group) is 1. The molecule has 0 radical (unpaired) electrons. The van der Waals surface area contributed by atoms with Crippen LogP contribution in [0.15, 0.2) is 23.2 Å². The van der Waals surface area contributed by atoms with E-state index in [1.54, 1.807) is 13.1 Å². The summed E-state index contributed by atoms with van der Waals surface area (Å²) in [5.74, 6) is -0.326. The lowest BCUT2D eigenvalue weighted by Gasteiger charge is -2.15. The molecule has 2 rings (SSSR count). The van der Waals surface area contributed by atoms with Crippen LogP contribution in [0.1, 0.15) is 13.8 Å². The van der Waals surface area contributed by atoms with Gasteiger partial charge in [0.05, 0.1) is 12.1 Å². The zero-order valence-corrected chi connectivity index (χ0v) is 12.2. The Labute approximate surface area is 117 Å². The first-order chi connectivity index (χ1) is 9.58. The van der Waals surface area contributed by atoms with Crippen molar-refractivity contribution in [3.63, 3.8) is 0 Å². The molecule has 0 spiro atoms. The molecule has 2 aromatic rings. The van der Waals surface area contributed by atoms with E-state index in [1.165, 1.54) is 16.8 Å². The summed E-state index contributed by atoms with van der Waals surface area (Å²) >= 11 is 0. The number of hydrogen-bond acceptors (Lipinski definition) is 3. The van der Waals surface area contributed by atoms with Gasteiger partial charge in [-0.15, -0.1) is 4.85 Å². The molecule has 0 amide bonds. The standard InChI is InChI=1S/C14H21FN4O/c1-4-18(5-2)9-8-16-14-12-7-6-11(15)10-13(12)17(3)19(14)20/h6-7,10,20H,4-5,8-9H2,1-3H3. The molecule has 0 atom stereocenters. The topological polar surface area (TPSA) is 45.7 Å². The third-order valence-electron chi connectivity index (χ3n) is 3.60. The maximum absolute atomic E-state index is 13.3. The zero-order chi connectivity index (χ0) is 14.7. The number of halogens is 1. The van der Waals surface area contributed by atoms with Crippen LogP contribution in [-0.2, 0) is 7.05 Å². The number of benzene rings is 1. The van der Waals surface area contributed by atoms with Gasteiger partial charge in [-0.3, -0.25) is 9.67 Å². The van der Waals surface area contributed by atoms with Crippen LogP contribution in [0.4, 0.5) is 4.39 Å². The third kappa shape index (κ3) is 2.70. The lowest BCUT2D eigenvalue weighted by molar-refractivity contribution is 0.109. The van der Waals surface area contributed by atoms with Crippen LogP contribution >= 0.6 is 0 Å². The van der Waals surface area contributed by atoms with Crippen molar-refractivity contribution < 1.29 is 9.60 Å². The second kappa shape index (κ2) is 6.09. The van der Waals surface area contributed by atoms with E-state index in [-0.39, 0.29) is 5.82 Å². The van der Waals surface area contributed by atoms with Gasteiger partial charge in [0, 0.05) is 19.0 Å². The van der Waals surface area contributed by atoms with Gasteiger partial charge in [0.1, 0.15) is 5.82 Å². The van der Waals surface area contributed by atoms with Crippen molar-refractivity contribution in [3.05, 3.63) is 29.5 Å². The molecule has 0 aliphatic carbocycles. The molecule has 0 bridgehead atoms. The monoisotopic (exact) mass is 280 g/mol. The average Bonchev–Trinajstić information content (AvgIpc) is 2.68. The Morgan fingerprint density at radius 2 is 2.00 bits per heavy atom. The number of fused-ring (bicyclic) bond motifs is 1. The van der Waals surface area contributed by atoms with Gasteiger partial charge in [-0.2, -0.15) is 0 Å². The Bertz CT molecular complexity index is 655. The van der Waals surface area contributed by atoms with E-state index in [2.05, 4.69) is 23.7 Å². The fourth-order valence-electron chi connectivity index (χ4n) is 2.30. The number of rotatable bonds is 5. The summed E-state index contributed by atoms with van der Waals surface area (Å²) in [5, 5.41) is 10.8. The maximum atomic E-state index is 13.3. The first-order valence-electron chi connectivity index (χ1n) is 6.87. The van der Waals surface area contributed by atoms with Crippen molar-refractivity contribution in [1.82, 2.24) is 14.4 Å². The largest absolute Gasteiger partial charge is 0.411 e. The quantitative estimate of drug-likeness (QED) is 0.846. The average molecular weight is 280 g/mol. The second-order valence-corrected chi connectivity index (χ2v) is 4.71. The number of aromatic nitrogens is 2. The van der Waals surface area contributed by atoms with E-state index >= 15 is 0 Å². The fourth-order valence-corrected chi connectivity index (χ4v) is 2.30. The number of aryl methyl sites for hydroxylation is 1. The highest BCUT2D eigenvalue weighted by molar-refractivity contribution is 5.78. The van der Waals surface area contributed by atoms with E-state index in [0.717, 1.165) is 29.9 Å². The first-order valence-corrected chi connectivity index (χ1v) is 6.87. The van der Waals surface area contributed by atoms with Gasteiger partial charge >= 0.3 is 0 Å². The maximum Gasteiger partial charge on any atom is 0.192 e. The molecule has 1 heterocycles. The van der Waals surface area contributed by atoms with Crippen LogP contribution in [0.25, 0.3) is 10.9 Å². The van der Waals surface area contributed by atoms with Crippen molar-refractivity contribution in [2.45, 2.75) is 13.8 Å². The van der Waals surface area contributed by atoms with Gasteiger partial charge in [-0.1, -0.05) is 13.8 Å². The van der Waals surface area contributed by atoms with Gasteiger partial charge in [0.2, 0.25) is 0 Å². The van der Waals surface area contributed by atoms with E-state index in [9.17, 15) is 9.60 Å². The Morgan fingerprint density at radius 3 is 2.65 bits per heavy atom. The Kier molecular flexibility index (Phi) is 4.44. The Balaban J connectivity index is 2.36. The van der Waals surface area contributed by atoms with Crippen molar-refractivity contribution in [2.24, 2.45) is 12.0 Å². The van der Waals surface area contributed by atoms with Gasteiger partial charge in [-0.25, -0.2) is 4.39 Å². The Hall–Kier alpha value is -1.82. The molecule has 1 aromatic carbocycles. The van der Waals surface area contributed by atoms with Crippen LogP contribution in [0.3, 0.4) is 0 Å².